The number of likely N-dealkylation sites (tertiary alicyclic amines) is 1. The number of ether oxygens (including phenoxy) is 1. The van der Waals surface area contributed by atoms with Crippen LogP contribution in [0.15, 0.2) is 80.8 Å². The Morgan fingerprint density at radius 2 is 1.85 bits per heavy atom. The molecule has 40 heavy (non-hydrogen) atoms. The highest BCUT2D eigenvalue weighted by Crippen LogP contribution is 2.27. The molecule has 0 saturated carbocycles. The number of nitrogens with zero attached hydrogens (tertiary/aromatic N) is 2. The van der Waals surface area contributed by atoms with Crippen molar-refractivity contribution >= 4 is 11.8 Å². The molecule has 10 heteroatoms. The van der Waals surface area contributed by atoms with Crippen LogP contribution in [-0.4, -0.2) is 45.6 Å². The van der Waals surface area contributed by atoms with Crippen LogP contribution in [0, 0.1) is 6.92 Å². The number of benzene rings is 3. The Hall–Kier alpha value is -4.86. The highest BCUT2D eigenvalue weighted by Gasteiger charge is 2.27. The van der Waals surface area contributed by atoms with Gasteiger partial charge in [-0.25, -0.2) is 14.6 Å². The second-order valence-electron chi connectivity index (χ2n) is 9.95. The van der Waals surface area contributed by atoms with Gasteiger partial charge in [0, 0.05) is 31.6 Å². The lowest BCUT2D eigenvalue weighted by molar-refractivity contribution is -0.119. The van der Waals surface area contributed by atoms with E-state index in [1.54, 1.807) is 29.2 Å². The van der Waals surface area contributed by atoms with Gasteiger partial charge in [-0.3, -0.25) is 9.59 Å². The van der Waals surface area contributed by atoms with Gasteiger partial charge in [0.15, 0.2) is 0 Å². The molecule has 1 aromatic heterocycles. The molecule has 0 bridgehead atoms. The lowest BCUT2D eigenvalue weighted by Gasteiger charge is -2.18. The third-order valence-electron chi connectivity index (χ3n) is 6.88. The Morgan fingerprint density at radius 1 is 1.05 bits per heavy atom. The molecular weight excluding hydrogens is 512 g/mol. The molecule has 0 radical (unpaired) electrons. The molecule has 1 aliphatic heterocycles. The average molecular weight is 543 g/mol. The molecule has 0 aliphatic carbocycles. The van der Waals surface area contributed by atoms with E-state index in [2.05, 4.69) is 16.4 Å². The van der Waals surface area contributed by atoms with Gasteiger partial charge in [0.05, 0.1) is 6.54 Å². The molecule has 5 rings (SSSR count). The molecule has 10 nitrogen and oxygen atoms in total. The van der Waals surface area contributed by atoms with Crippen molar-refractivity contribution in [1.82, 2.24) is 19.9 Å². The van der Waals surface area contributed by atoms with Gasteiger partial charge in [-0.15, -0.1) is 4.74 Å². The molecule has 206 valence electrons. The Bertz CT molecular complexity index is 1650. The van der Waals surface area contributed by atoms with Crippen molar-refractivity contribution < 1.29 is 18.8 Å². The zero-order valence-corrected chi connectivity index (χ0v) is 22.3. The topological polar surface area (TPSA) is 127 Å². The minimum absolute atomic E-state index is 0.00409. The molecule has 2 N–H and O–H groups in total. The van der Waals surface area contributed by atoms with Gasteiger partial charge in [-0.2, -0.15) is 0 Å². The Morgan fingerprint density at radius 3 is 2.55 bits per heavy atom. The quantitative estimate of drug-likeness (QED) is 0.352. The lowest BCUT2D eigenvalue weighted by Crippen LogP contribution is -2.37. The van der Waals surface area contributed by atoms with E-state index in [0.29, 0.717) is 31.0 Å². The molecule has 4 aromatic rings. The van der Waals surface area contributed by atoms with Crippen LogP contribution in [0.1, 0.15) is 40.4 Å². The highest BCUT2D eigenvalue weighted by atomic mass is 16.5. The van der Waals surface area contributed by atoms with Crippen LogP contribution in [0.5, 0.6) is 5.75 Å². The summed E-state index contributed by atoms with van der Waals surface area (Å²) in [5.74, 6) is -0.226. The zero-order valence-electron chi connectivity index (χ0n) is 22.3. The van der Waals surface area contributed by atoms with E-state index in [-0.39, 0.29) is 24.4 Å². The SMILES string of the molecule is CC(=O)NC1CCN(C(=O)c2ccc(-c3cccc(COc4ccc(Cn5oc(=O)[nH]c5=O)cc4)c3)c(C)c2)C1. The predicted molar refractivity (Wildman–Crippen MR) is 148 cm³/mol. The summed E-state index contributed by atoms with van der Waals surface area (Å²) in [6.45, 7) is 5.13. The van der Waals surface area contributed by atoms with Crippen LogP contribution in [0.4, 0.5) is 0 Å². The molecule has 0 spiro atoms. The van der Waals surface area contributed by atoms with E-state index in [9.17, 15) is 19.2 Å². The maximum atomic E-state index is 13.0. The fourth-order valence-electron chi connectivity index (χ4n) is 4.92. The summed E-state index contributed by atoms with van der Waals surface area (Å²) in [5, 5.41) is 2.89. The number of aryl methyl sites for hydroxylation is 1. The number of carbonyl (C=O) groups excluding carboxylic acids is 2. The third kappa shape index (κ3) is 6.23. The minimum atomic E-state index is -0.785. The molecular formula is C30H30N4O6. The van der Waals surface area contributed by atoms with E-state index in [0.717, 1.165) is 39.0 Å². The van der Waals surface area contributed by atoms with Crippen LogP contribution in [-0.2, 0) is 17.9 Å². The summed E-state index contributed by atoms with van der Waals surface area (Å²) in [6, 6.07) is 21.0. The first kappa shape index (κ1) is 26.7. The fraction of sp³-hybridized carbons (Fsp3) is 0.267. The molecule has 1 aliphatic rings. The normalized spacial score (nSPS) is 14.8. The van der Waals surface area contributed by atoms with E-state index < -0.39 is 11.4 Å². The standard InChI is InChI=1S/C30H30N4O6/c1-19-14-24(28(36)33-13-12-25(17-33)31-20(2)35)8-11-27(19)23-5-3-4-22(15-23)18-39-26-9-6-21(7-10-26)16-34-29(37)32-30(38)40-34/h3-11,14-15,25H,12-13,16-18H2,1-2H3,(H,31,35)(H,32,37,38). The summed E-state index contributed by atoms with van der Waals surface area (Å²) in [5.41, 5.74) is 4.87. The summed E-state index contributed by atoms with van der Waals surface area (Å²) in [6.07, 6.45) is 0.760. The number of aromatic nitrogens is 2. The molecule has 1 atom stereocenters. The number of amides is 2. The van der Waals surface area contributed by atoms with Crippen molar-refractivity contribution in [2.24, 2.45) is 0 Å². The number of aromatic amines is 1. The first-order valence-electron chi connectivity index (χ1n) is 13.0. The van der Waals surface area contributed by atoms with E-state index in [4.69, 9.17) is 9.26 Å². The van der Waals surface area contributed by atoms with Crippen LogP contribution in [0.3, 0.4) is 0 Å². The number of H-pyrrole nitrogens is 1. The van der Waals surface area contributed by atoms with Crippen LogP contribution >= 0.6 is 0 Å². The van der Waals surface area contributed by atoms with E-state index >= 15 is 0 Å². The Kier molecular flexibility index (Phi) is 7.68. The molecule has 3 aromatic carbocycles. The lowest BCUT2D eigenvalue weighted by atomic mass is 9.97. The van der Waals surface area contributed by atoms with Crippen LogP contribution in [0.25, 0.3) is 11.1 Å². The van der Waals surface area contributed by atoms with Crippen molar-refractivity contribution in [3.05, 3.63) is 110 Å². The molecule has 2 heterocycles. The average Bonchev–Trinajstić information content (AvgIpc) is 3.52. The second-order valence-corrected chi connectivity index (χ2v) is 9.95. The smallest absolute Gasteiger partial charge is 0.440 e. The van der Waals surface area contributed by atoms with Gasteiger partial charge in [-0.05, 0) is 71.5 Å². The van der Waals surface area contributed by atoms with Gasteiger partial charge in [0.1, 0.15) is 12.4 Å². The maximum Gasteiger partial charge on any atom is 0.440 e. The van der Waals surface area contributed by atoms with Crippen LogP contribution in [0.2, 0.25) is 0 Å². The Balaban J connectivity index is 1.21. The first-order valence-corrected chi connectivity index (χ1v) is 13.0. The molecule has 1 unspecified atom stereocenters. The van der Waals surface area contributed by atoms with Crippen molar-refractivity contribution in [3.8, 4) is 16.9 Å². The summed E-state index contributed by atoms with van der Waals surface area (Å²) in [7, 11) is 0. The van der Waals surface area contributed by atoms with Gasteiger partial charge < -0.3 is 19.5 Å². The van der Waals surface area contributed by atoms with Crippen molar-refractivity contribution in [3.63, 3.8) is 0 Å². The third-order valence-corrected chi connectivity index (χ3v) is 6.88. The number of carbonyl (C=O) groups is 2. The largest absolute Gasteiger partial charge is 0.489 e. The molecule has 1 saturated heterocycles. The number of hydrogen-bond donors (Lipinski definition) is 2. The number of nitrogens with one attached hydrogen (secondary N) is 2. The second kappa shape index (κ2) is 11.5. The van der Waals surface area contributed by atoms with Gasteiger partial charge in [0.25, 0.3) is 5.91 Å². The summed E-state index contributed by atoms with van der Waals surface area (Å²) in [4.78, 5) is 51.0. The van der Waals surface area contributed by atoms with Crippen LogP contribution < -0.4 is 21.5 Å². The fourth-order valence-corrected chi connectivity index (χ4v) is 4.92. The number of rotatable bonds is 8. The predicted octanol–water partition coefficient (Wildman–Crippen LogP) is 3.08. The van der Waals surface area contributed by atoms with Crippen molar-refractivity contribution in [2.75, 3.05) is 13.1 Å². The Labute approximate surface area is 230 Å². The first-order chi connectivity index (χ1) is 19.2. The number of hydrogen-bond acceptors (Lipinski definition) is 6. The van der Waals surface area contributed by atoms with Gasteiger partial charge >= 0.3 is 11.4 Å². The molecule has 2 amide bonds. The molecule has 1 fully saturated rings. The maximum absolute atomic E-state index is 13.0. The summed E-state index contributed by atoms with van der Waals surface area (Å²) < 4.78 is 11.7. The van der Waals surface area contributed by atoms with E-state index in [1.165, 1.54) is 6.92 Å². The monoisotopic (exact) mass is 542 g/mol. The minimum Gasteiger partial charge on any atom is -0.489 e. The van der Waals surface area contributed by atoms with Gasteiger partial charge in [0.2, 0.25) is 5.91 Å². The highest BCUT2D eigenvalue weighted by molar-refractivity contribution is 5.95. The van der Waals surface area contributed by atoms with Crippen molar-refractivity contribution in [2.45, 2.75) is 39.5 Å². The van der Waals surface area contributed by atoms with E-state index in [1.807, 2.05) is 43.3 Å². The van der Waals surface area contributed by atoms with Crippen molar-refractivity contribution in [1.29, 1.82) is 0 Å². The zero-order chi connectivity index (χ0) is 28.2. The summed E-state index contributed by atoms with van der Waals surface area (Å²) >= 11 is 0. The van der Waals surface area contributed by atoms with Gasteiger partial charge in [-0.1, -0.05) is 36.4 Å².